The van der Waals surface area contributed by atoms with Gasteiger partial charge < -0.3 is 15.0 Å². The molecule has 1 heterocycles. The first-order valence-corrected chi connectivity index (χ1v) is 5.98. The molecular formula is C12H24N2O2. The molecular weight excluding hydrogens is 204 g/mol. The number of urea groups is 1. The number of carbonyl (C=O) groups excluding carboxylic acids is 1. The van der Waals surface area contributed by atoms with Crippen LogP contribution in [0, 0.1) is 5.92 Å². The monoisotopic (exact) mass is 228 g/mol. The summed E-state index contributed by atoms with van der Waals surface area (Å²) in [6.07, 6.45) is 0.199. The third-order valence-electron chi connectivity index (χ3n) is 2.32. The van der Waals surface area contributed by atoms with Crippen molar-refractivity contribution in [1.82, 2.24) is 10.2 Å². The Morgan fingerprint density at radius 3 is 2.44 bits per heavy atom. The summed E-state index contributed by atoms with van der Waals surface area (Å²) in [6.45, 7) is 12.4. The van der Waals surface area contributed by atoms with Crippen LogP contribution in [0.5, 0.6) is 0 Å². The molecule has 1 rings (SSSR count). The van der Waals surface area contributed by atoms with E-state index in [1.54, 1.807) is 4.90 Å². The van der Waals surface area contributed by atoms with Crippen LogP contribution in [0.3, 0.4) is 0 Å². The second-order valence-electron chi connectivity index (χ2n) is 5.84. The third kappa shape index (κ3) is 4.39. The van der Waals surface area contributed by atoms with Gasteiger partial charge in [0.15, 0.2) is 0 Å². The largest absolute Gasteiger partial charge is 0.369 e. The molecule has 0 aromatic heterocycles. The summed E-state index contributed by atoms with van der Waals surface area (Å²) in [7, 11) is 0. The van der Waals surface area contributed by atoms with Crippen LogP contribution in [0.1, 0.15) is 34.6 Å². The van der Waals surface area contributed by atoms with Crippen molar-refractivity contribution in [1.29, 1.82) is 0 Å². The predicted octanol–water partition coefficient (Wildman–Crippen LogP) is 1.85. The lowest BCUT2D eigenvalue weighted by Crippen LogP contribution is -2.59. The van der Waals surface area contributed by atoms with E-state index in [0.717, 1.165) is 6.54 Å². The highest BCUT2D eigenvalue weighted by atomic mass is 16.5. The molecule has 0 spiro atoms. The number of likely N-dealkylation sites (tertiary alicyclic amines) is 1. The Balaban J connectivity index is 2.18. The van der Waals surface area contributed by atoms with Crippen molar-refractivity contribution in [2.45, 2.75) is 46.3 Å². The summed E-state index contributed by atoms with van der Waals surface area (Å²) in [6, 6.07) is 0.0301. The summed E-state index contributed by atoms with van der Waals surface area (Å²) in [5.41, 5.74) is -0.120. The molecule has 94 valence electrons. The second-order valence-corrected chi connectivity index (χ2v) is 5.84. The maximum Gasteiger partial charge on any atom is 0.317 e. The summed E-state index contributed by atoms with van der Waals surface area (Å²) >= 11 is 0. The van der Waals surface area contributed by atoms with Crippen molar-refractivity contribution in [3.63, 3.8) is 0 Å². The van der Waals surface area contributed by atoms with Crippen LogP contribution >= 0.6 is 0 Å². The minimum absolute atomic E-state index is 0.0301. The van der Waals surface area contributed by atoms with Gasteiger partial charge in [0.25, 0.3) is 0 Å². The average Bonchev–Trinajstić information content (AvgIpc) is 2.05. The Bertz CT molecular complexity index is 240. The van der Waals surface area contributed by atoms with Gasteiger partial charge in [-0.2, -0.15) is 0 Å². The molecule has 0 radical (unpaired) electrons. The summed E-state index contributed by atoms with van der Waals surface area (Å²) in [4.78, 5) is 13.4. The first-order valence-electron chi connectivity index (χ1n) is 5.98. The number of rotatable bonds is 3. The van der Waals surface area contributed by atoms with Crippen LogP contribution in [0.4, 0.5) is 4.79 Å². The number of nitrogens with one attached hydrogen (secondary N) is 1. The predicted molar refractivity (Wildman–Crippen MR) is 64.4 cm³/mol. The molecule has 1 aliphatic heterocycles. The molecule has 0 saturated carbocycles. The molecule has 1 N–H and O–H groups in total. The van der Waals surface area contributed by atoms with Gasteiger partial charge in [-0.05, 0) is 26.7 Å². The fraction of sp³-hybridized carbons (Fsp3) is 0.917. The Morgan fingerprint density at radius 1 is 1.44 bits per heavy atom. The Kier molecular flexibility index (Phi) is 4.19. The van der Waals surface area contributed by atoms with Gasteiger partial charge in [0, 0.05) is 6.54 Å². The molecule has 0 bridgehead atoms. The highest BCUT2D eigenvalue weighted by Crippen LogP contribution is 2.18. The maximum absolute atomic E-state index is 11.6. The number of hydrogen-bond donors (Lipinski definition) is 1. The topological polar surface area (TPSA) is 41.6 Å². The molecule has 0 aromatic carbocycles. The number of carbonyl (C=O) groups is 1. The third-order valence-corrected chi connectivity index (χ3v) is 2.32. The lowest BCUT2D eigenvalue weighted by molar-refractivity contribution is -0.111. The molecule has 0 aliphatic carbocycles. The zero-order valence-corrected chi connectivity index (χ0v) is 11.0. The summed E-state index contributed by atoms with van der Waals surface area (Å²) in [5.74, 6) is 0.492. The van der Waals surface area contributed by atoms with Crippen molar-refractivity contribution in [2.75, 3.05) is 19.6 Å². The van der Waals surface area contributed by atoms with Gasteiger partial charge in [-0.25, -0.2) is 4.79 Å². The lowest BCUT2D eigenvalue weighted by Gasteiger charge is -2.42. The van der Waals surface area contributed by atoms with Crippen LogP contribution in [0.25, 0.3) is 0 Å². The zero-order valence-electron chi connectivity index (χ0n) is 11.0. The van der Waals surface area contributed by atoms with Crippen LogP contribution in [0.15, 0.2) is 0 Å². The maximum atomic E-state index is 11.6. The van der Waals surface area contributed by atoms with Gasteiger partial charge in [-0.15, -0.1) is 0 Å². The first-order chi connectivity index (χ1) is 7.28. The number of nitrogens with zero attached hydrogens (tertiary/aromatic N) is 1. The fourth-order valence-corrected chi connectivity index (χ4v) is 1.58. The molecule has 2 amide bonds. The van der Waals surface area contributed by atoms with Gasteiger partial charge in [0.2, 0.25) is 0 Å². The molecule has 16 heavy (non-hydrogen) atoms. The minimum Gasteiger partial charge on any atom is -0.369 e. The number of ether oxygens (including phenoxy) is 1. The SMILES string of the molecule is CC(C)CNC(=O)N1CC(OC(C)(C)C)C1. The van der Waals surface area contributed by atoms with E-state index in [9.17, 15) is 4.79 Å². The van der Waals surface area contributed by atoms with E-state index < -0.39 is 0 Å². The van der Waals surface area contributed by atoms with E-state index in [-0.39, 0.29) is 17.7 Å². The Hall–Kier alpha value is -0.770. The minimum atomic E-state index is -0.120. The second kappa shape index (κ2) is 5.04. The van der Waals surface area contributed by atoms with Crippen LogP contribution < -0.4 is 5.32 Å². The fourth-order valence-electron chi connectivity index (χ4n) is 1.58. The van der Waals surface area contributed by atoms with Gasteiger partial charge in [-0.1, -0.05) is 13.8 Å². The van der Waals surface area contributed by atoms with E-state index in [2.05, 4.69) is 19.2 Å². The zero-order chi connectivity index (χ0) is 12.3. The molecule has 1 aliphatic rings. The molecule has 4 heteroatoms. The van der Waals surface area contributed by atoms with E-state index in [0.29, 0.717) is 19.0 Å². The van der Waals surface area contributed by atoms with Gasteiger partial charge >= 0.3 is 6.03 Å². The smallest absolute Gasteiger partial charge is 0.317 e. The van der Waals surface area contributed by atoms with E-state index >= 15 is 0 Å². The normalized spacial score (nSPS) is 17.5. The molecule has 1 fully saturated rings. The van der Waals surface area contributed by atoms with Crippen molar-refractivity contribution in [3.05, 3.63) is 0 Å². The Morgan fingerprint density at radius 2 is 2.00 bits per heavy atom. The molecule has 0 atom stereocenters. The molecule has 1 saturated heterocycles. The highest BCUT2D eigenvalue weighted by Gasteiger charge is 2.33. The van der Waals surface area contributed by atoms with Crippen LogP contribution in [-0.2, 0) is 4.74 Å². The quantitative estimate of drug-likeness (QED) is 0.801. The number of amides is 2. The van der Waals surface area contributed by atoms with E-state index in [4.69, 9.17) is 4.74 Å². The van der Waals surface area contributed by atoms with E-state index in [1.807, 2.05) is 20.8 Å². The lowest BCUT2D eigenvalue weighted by atomic mass is 10.1. The molecule has 4 nitrogen and oxygen atoms in total. The number of hydrogen-bond acceptors (Lipinski definition) is 2. The van der Waals surface area contributed by atoms with Crippen LogP contribution in [-0.4, -0.2) is 42.3 Å². The van der Waals surface area contributed by atoms with Gasteiger partial charge in [-0.3, -0.25) is 0 Å². The van der Waals surface area contributed by atoms with Crippen molar-refractivity contribution >= 4 is 6.03 Å². The average molecular weight is 228 g/mol. The van der Waals surface area contributed by atoms with Crippen molar-refractivity contribution in [3.8, 4) is 0 Å². The summed E-state index contributed by atoms with van der Waals surface area (Å²) in [5, 5.41) is 2.90. The summed E-state index contributed by atoms with van der Waals surface area (Å²) < 4.78 is 5.76. The highest BCUT2D eigenvalue weighted by molar-refractivity contribution is 5.75. The standard InChI is InChI=1S/C12H24N2O2/c1-9(2)6-13-11(15)14-7-10(8-14)16-12(3,4)5/h9-10H,6-8H2,1-5H3,(H,13,15). The van der Waals surface area contributed by atoms with Crippen molar-refractivity contribution < 1.29 is 9.53 Å². The van der Waals surface area contributed by atoms with Crippen molar-refractivity contribution in [2.24, 2.45) is 5.92 Å². The first kappa shape index (κ1) is 13.3. The van der Waals surface area contributed by atoms with Gasteiger partial charge in [0.1, 0.15) is 0 Å². The van der Waals surface area contributed by atoms with Gasteiger partial charge in [0.05, 0.1) is 24.8 Å². The molecule has 0 unspecified atom stereocenters. The van der Waals surface area contributed by atoms with Crippen LogP contribution in [0.2, 0.25) is 0 Å². The van der Waals surface area contributed by atoms with E-state index in [1.165, 1.54) is 0 Å². The molecule has 0 aromatic rings. The Labute approximate surface area is 98.3 Å².